The van der Waals surface area contributed by atoms with Crippen molar-refractivity contribution in [3.63, 3.8) is 0 Å². The summed E-state index contributed by atoms with van der Waals surface area (Å²) in [5, 5.41) is -3.31. The minimum atomic E-state index is -3.31. The fraction of sp³-hybridized carbons (Fsp3) is 0.538. The van der Waals surface area contributed by atoms with Crippen LogP contribution >= 0.6 is 0 Å². The zero-order valence-electron chi connectivity index (χ0n) is 11.7. The third kappa shape index (κ3) is 3.46. The number of halogens is 2. The van der Waals surface area contributed by atoms with Crippen molar-refractivity contribution >= 4 is 10.8 Å². The molecule has 1 rings (SSSR count). The van der Waals surface area contributed by atoms with Crippen molar-refractivity contribution in [2.75, 3.05) is 20.8 Å². The molecule has 0 saturated carbocycles. The minimum Gasteiger partial charge on any atom is -0.496 e. The Morgan fingerprint density at radius 1 is 1.25 bits per heavy atom. The van der Waals surface area contributed by atoms with Gasteiger partial charge >= 0.3 is 5.25 Å². The van der Waals surface area contributed by atoms with Crippen LogP contribution in [-0.4, -0.2) is 30.2 Å². The summed E-state index contributed by atoms with van der Waals surface area (Å²) in [4.78, 5) is -0.0722. The van der Waals surface area contributed by atoms with Crippen molar-refractivity contribution in [3.05, 3.63) is 17.7 Å². The lowest BCUT2D eigenvalue weighted by atomic mass is 10.1. The van der Waals surface area contributed by atoms with E-state index in [0.717, 1.165) is 5.56 Å². The number of methoxy groups -OCH3 is 2. The number of alkyl halides is 2. The second-order valence-corrected chi connectivity index (χ2v) is 5.69. The first kappa shape index (κ1) is 16.8. The smallest absolute Gasteiger partial charge is 0.325 e. The highest BCUT2D eigenvalue weighted by atomic mass is 32.2. The van der Waals surface area contributed by atoms with Crippen molar-refractivity contribution < 1.29 is 22.5 Å². The third-order valence-electron chi connectivity index (χ3n) is 2.86. The van der Waals surface area contributed by atoms with Crippen LogP contribution in [0.3, 0.4) is 0 Å². The molecule has 0 aliphatic rings. The van der Waals surface area contributed by atoms with E-state index in [1.54, 1.807) is 6.07 Å². The fourth-order valence-corrected chi connectivity index (χ4v) is 2.84. The van der Waals surface area contributed by atoms with Crippen molar-refractivity contribution in [2.24, 2.45) is 5.73 Å². The zero-order chi connectivity index (χ0) is 15.3. The van der Waals surface area contributed by atoms with E-state index in [0.29, 0.717) is 18.7 Å². The predicted octanol–water partition coefficient (Wildman–Crippen LogP) is 2.32. The minimum absolute atomic E-state index is 0.0722. The molecule has 0 bridgehead atoms. The van der Waals surface area contributed by atoms with Crippen molar-refractivity contribution in [2.45, 2.75) is 29.9 Å². The van der Waals surface area contributed by atoms with E-state index in [-0.39, 0.29) is 10.6 Å². The molecule has 0 aliphatic carbocycles. The molecule has 1 unspecified atom stereocenters. The summed E-state index contributed by atoms with van der Waals surface area (Å²) in [6.45, 7) is 1.66. The summed E-state index contributed by atoms with van der Waals surface area (Å²) in [6.07, 6.45) is -0.00769. The van der Waals surface area contributed by atoms with E-state index in [9.17, 15) is 13.0 Å². The van der Waals surface area contributed by atoms with Crippen LogP contribution < -0.4 is 15.2 Å². The van der Waals surface area contributed by atoms with Crippen molar-refractivity contribution in [1.29, 1.82) is 0 Å². The first-order valence-corrected chi connectivity index (χ1v) is 7.30. The van der Waals surface area contributed by atoms with Crippen LogP contribution in [-0.2, 0) is 17.2 Å². The molecule has 1 aromatic carbocycles. The van der Waals surface area contributed by atoms with Gasteiger partial charge in [-0.25, -0.2) is 4.21 Å². The molecule has 1 aromatic rings. The molecule has 2 N–H and O–H groups in total. The summed E-state index contributed by atoms with van der Waals surface area (Å²) in [6, 6.07) is 2.88. The summed E-state index contributed by atoms with van der Waals surface area (Å²) in [5.74, 6) is 0.534. The molecule has 0 heterocycles. The average molecular weight is 307 g/mol. The molecule has 7 heteroatoms. The Balaban J connectivity index is 3.36. The standard InChI is InChI=1S/C13H19F2NO3S/c1-4-13(14,15)20(17)12-8-10(18-2)9(5-6-16)7-11(12)19-3/h7-8H,4-6,16H2,1-3H3. The average Bonchev–Trinajstić information content (AvgIpc) is 2.46. The lowest BCUT2D eigenvalue weighted by molar-refractivity contribution is 0.0944. The zero-order valence-corrected chi connectivity index (χ0v) is 12.6. The van der Waals surface area contributed by atoms with Gasteiger partial charge in [0.25, 0.3) is 0 Å². The molecule has 0 saturated heterocycles. The quantitative estimate of drug-likeness (QED) is 0.840. The van der Waals surface area contributed by atoms with Gasteiger partial charge in [-0.3, -0.25) is 0 Å². The lowest BCUT2D eigenvalue weighted by Crippen LogP contribution is -2.22. The van der Waals surface area contributed by atoms with Gasteiger partial charge in [0.15, 0.2) is 0 Å². The Bertz CT molecular complexity index is 495. The number of rotatable bonds is 7. The SMILES string of the molecule is CCC(F)(F)S(=O)c1cc(OC)c(CCN)cc1OC. The maximum absolute atomic E-state index is 13.6. The topological polar surface area (TPSA) is 61.5 Å². The first-order chi connectivity index (χ1) is 9.41. The molecule has 0 spiro atoms. The number of nitrogens with two attached hydrogens (primary N) is 1. The number of hydrogen-bond acceptors (Lipinski definition) is 4. The molecular formula is C13H19F2NO3S. The summed E-state index contributed by atoms with van der Waals surface area (Å²) in [7, 11) is 0.270. The van der Waals surface area contributed by atoms with Crippen molar-refractivity contribution in [1.82, 2.24) is 0 Å². The summed E-state index contributed by atoms with van der Waals surface area (Å²) in [5.41, 5.74) is 6.22. The maximum Gasteiger partial charge on any atom is 0.325 e. The Morgan fingerprint density at radius 2 is 1.85 bits per heavy atom. The summed E-state index contributed by atoms with van der Waals surface area (Å²) >= 11 is 0. The van der Waals surface area contributed by atoms with Gasteiger partial charge < -0.3 is 15.2 Å². The van der Waals surface area contributed by atoms with Gasteiger partial charge in [-0.05, 0) is 24.6 Å². The Morgan fingerprint density at radius 3 is 2.30 bits per heavy atom. The monoisotopic (exact) mass is 307 g/mol. The second kappa shape index (κ2) is 6.99. The molecule has 4 nitrogen and oxygen atoms in total. The van der Waals surface area contributed by atoms with E-state index in [2.05, 4.69) is 0 Å². The van der Waals surface area contributed by atoms with E-state index >= 15 is 0 Å². The maximum atomic E-state index is 13.6. The van der Waals surface area contributed by atoms with Crippen LogP contribution in [0.25, 0.3) is 0 Å². The van der Waals surface area contributed by atoms with Gasteiger partial charge in [0.2, 0.25) is 0 Å². The molecular weight excluding hydrogens is 288 g/mol. The van der Waals surface area contributed by atoms with E-state index in [1.807, 2.05) is 0 Å². The number of hydrogen-bond donors (Lipinski definition) is 1. The van der Waals surface area contributed by atoms with Gasteiger partial charge in [-0.1, -0.05) is 6.92 Å². The van der Waals surface area contributed by atoms with E-state index in [4.69, 9.17) is 15.2 Å². The summed E-state index contributed by atoms with van der Waals surface area (Å²) < 4.78 is 49.5. The van der Waals surface area contributed by atoms with Crippen LogP contribution in [0, 0.1) is 0 Å². The van der Waals surface area contributed by atoms with Gasteiger partial charge in [0.05, 0.1) is 19.1 Å². The molecule has 0 aromatic heterocycles. The Kier molecular flexibility index (Phi) is 5.88. The van der Waals surface area contributed by atoms with Gasteiger partial charge in [-0.15, -0.1) is 0 Å². The van der Waals surface area contributed by atoms with Crippen molar-refractivity contribution in [3.8, 4) is 11.5 Å². The molecule has 0 amide bonds. The molecule has 1 atom stereocenters. The fourth-order valence-electron chi connectivity index (χ4n) is 1.72. The van der Waals surface area contributed by atoms with Crippen LogP contribution in [0.2, 0.25) is 0 Å². The largest absolute Gasteiger partial charge is 0.496 e. The van der Waals surface area contributed by atoms with Gasteiger partial charge in [0.1, 0.15) is 22.3 Å². The van der Waals surface area contributed by atoms with Gasteiger partial charge in [-0.2, -0.15) is 8.78 Å². The molecule has 20 heavy (non-hydrogen) atoms. The Hall–Kier alpha value is -1.21. The highest BCUT2D eigenvalue weighted by Crippen LogP contribution is 2.37. The molecule has 114 valence electrons. The molecule has 0 radical (unpaired) electrons. The highest BCUT2D eigenvalue weighted by Gasteiger charge is 2.37. The van der Waals surface area contributed by atoms with Crippen LogP contribution in [0.15, 0.2) is 17.0 Å². The second-order valence-electron chi connectivity index (χ2n) is 4.11. The predicted molar refractivity (Wildman–Crippen MR) is 74.0 cm³/mol. The van der Waals surface area contributed by atoms with E-state index in [1.165, 1.54) is 27.2 Å². The Labute approximate surface area is 119 Å². The normalized spacial score (nSPS) is 13.1. The lowest BCUT2D eigenvalue weighted by Gasteiger charge is -2.18. The molecule has 0 fully saturated rings. The highest BCUT2D eigenvalue weighted by molar-refractivity contribution is 7.86. The number of ether oxygens (including phenoxy) is 2. The first-order valence-electron chi connectivity index (χ1n) is 6.15. The van der Waals surface area contributed by atoms with Gasteiger partial charge in [0, 0.05) is 12.5 Å². The van der Waals surface area contributed by atoms with Crippen LogP contribution in [0.1, 0.15) is 18.9 Å². The molecule has 0 aliphatic heterocycles. The third-order valence-corrected chi connectivity index (χ3v) is 4.41. The van der Waals surface area contributed by atoms with Crippen LogP contribution in [0.4, 0.5) is 8.78 Å². The van der Waals surface area contributed by atoms with Crippen LogP contribution in [0.5, 0.6) is 11.5 Å². The van der Waals surface area contributed by atoms with E-state index < -0.39 is 22.5 Å². The number of benzene rings is 1.